The van der Waals surface area contributed by atoms with Gasteiger partial charge >= 0.3 is 6.61 Å². The first-order valence-corrected chi connectivity index (χ1v) is 9.88. The van der Waals surface area contributed by atoms with Crippen LogP contribution in [-0.2, 0) is 6.54 Å². The first kappa shape index (κ1) is 26.9. The van der Waals surface area contributed by atoms with Gasteiger partial charge in [0, 0.05) is 13.1 Å². The van der Waals surface area contributed by atoms with Crippen molar-refractivity contribution in [3.8, 4) is 11.5 Å². The van der Waals surface area contributed by atoms with Crippen molar-refractivity contribution in [2.45, 2.75) is 46.1 Å². The van der Waals surface area contributed by atoms with Crippen molar-refractivity contribution in [2.24, 2.45) is 4.99 Å². The summed E-state index contributed by atoms with van der Waals surface area (Å²) in [7, 11) is 0. The van der Waals surface area contributed by atoms with Crippen molar-refractivity contribution < 1.29 is 23.4 Å². The summed E-state index contributed by atoms with van der Waals surface area (Å²) in [6.45, 7) is 4.09. The first-order chi connectivity index (χ1) is 14.4. The number of aliphatic imine (C=N–C) groups is 1. The van der Waals surface area contributed by atoms with E-state index in [1.165, 1.54) is 12.1 Å². The van der Waals surface area contributed by atoms with Gasteiger partial charge < -0.3 is 25.2 Å². The Hall–Kier alpha value is -2.14. The third-order valence-electron chi connectivity index (χ3n) is 3.97. The Morgan fingerprint density at radius 1 is 1.03 bits per heavy atom. The van der Waals surface area contributed by atoms with Gasteiger partial charge in [0.1, 0.15) is 11.5 Å². The van der Waals surface area contributed by atoms with E-state index in [2.05, 4.69) is 20.4 Å². The SMILES string of the molecule is CCNC(=NCc1cccc(OC(F)F)c1)NCC(O)c1cccc(OC(C)C)c1.I. The zero-order chi connectivity index (χ0) is 21.9. The number of nitrogens with one attached hydrogen (secondary N) is 2. The molecule has 0 aliphatic rings. The van der Waals surface area contributed by atoms with E-state index < -0.39 is 12.7 Å². The lowest BCUT2D eigenvalue weighted by Crippen LogP contribution is -2.39. The number of hydrogen-bond acceptors (Lipinski definition) is 4. The van der Waals surface area contributed by atoms with Crippen LogP contribution in [0.1, 0.15) is 38.0 Å². The number of ether oxygens (including phenoxy) is 2. The molecule has 0 spiro atoms. The molecular weight excluding hydrogens is 519 g/mol. The monoisotopic (exact) mass is 549 g/mol. The Morgan fingerprint density at radius 2 is 1.71 bits per heavy atom. The van der Waals surface area contributed by atoms with Crippen LogP contribution in [0.4, 0.5) is 8.78 Å². The molecule has 0 fully saturated rings. The second-order valence-corrected chi connectivity index (χ2v) is 6.86. The van der Waals surface area contributed by atoms with Crippen LogP contribution in [0.2, 0.25) is 0 Å². The third kappa shape index (κ3) is 10.1. The van der Waals surface area contributed by atoms with Gasteiger partial charge in [0.15, 0.2) is 5.96 Å². The summed E-state index contributed by atoms with van der Waals surface area (Å²) < 4.78 is 34.8. The average Bonchev–Trinajstić information content (AvgIpc) is 2.69. The van der Waals surface area contributed by atoms with E-state index in [1.807, 2.05) is 45.0 Å². The Balaban J connectivity index is 0.00000480. The molecule has 1 atom stereocenters. The number of aliphatic hydroxyl groups excluding tert-OH is 1. The van der Waals surface area contributed by atoms with E-state index in [0.717, 1.165) is 11.1 Å². The number of rotatable bonds is 10. The van der Waals surface area contributed by atoms with E-state index in [1.54, 1.807) is 12.1 Å². The Labute approximate surface area is 199 Å². The second kappa shape index (κ2) is 14.0. The van der Waals surface area contributed by atoms with Crippen LogP contribution in [-0.4, -0.2) is 36.9 Å². The lowest BCUT2D eigenvalue weighted by molar-refractivity contribution is -0.0498. The maximum Gasteiger partial charge on any atom is 0.387 e. The minimum absolute atomic E-state index is 0. The average molecular weight is 549 g/mol. The molecule has 3 N–H and O–H groups in total. The second-order valence-electron chi connectivity index (χ2n) is 6.86. The number of guanidine groups is 1. The predicted octanol–water partition coefficient (Wildman–Crippen LogP) is 4.48. The highest BCUT2D eigenvalue weighted by Gasteiger charge is 2.10. The van der Waals surface area contributed by atoms with Gasteiger partial charge in [-0.15, -0.1) is 24.0 Å². The number of hydrogen-bond donors (Lipinski definition) is 3. The number of alkyl halides is 2. The number of nitrogens with zero attached hydrogens (tertiary/aromatic N) is 1. The zero-order valence-corrected chi connectivity index (χ0v) is 20.2. The number of benzene rings is 2. The molecule has 0 aliphatic heterocycles. The summed E-state index contributed by atoms with van der Waals surface area (Å²) in [6, 6.07) is 13.7. The molecule has 0 radical (unpaired) electrons. The fourth-order valence-corrected chi connectivity index (χ4v) is 2.71. The van der Waals surface area contributed by atoms with Gasteiger partial charge in [-0.05, 0) is 56.2 Å². The van der Waals surface area contributed by atoms with Crippen molar-refractivity contribution in [1.82, 2.24) is 10.6 Å². The first-order valence-electron chi connectivity index (χ1n) is 9.88. The van der Waals surface area contributed by atoms with Gasteiger partial charge in [0.25, 0.3) is 0 Å². The Bertz CT molecular complexity index is 822. The molecule has 0 aromatic heterocycles. The summed E-state index contributed by atoms with van der Waals surface area (Å²) in [5.41, 5.74) is 1.46. The molecule has 9 heteroatoms. The van der Waals surface area contributed by atoms with Gasteiger partial charge in [-0.3, -0.25) is 0 Å². The molecular formula is C22H30F2IN3O3. The predicted molar refractivity (Wildman–Crippen MR) is 128 cm³/mol. The molecule has 1 unspecified atom stereocenters. The van der Waals surface area contributed by atoms with E-state index >= 15 is 0 Å². The molecule has 0 amide bonds. The van der Waals surface area contributed by atoms with Crippen LogP contribution < -0.4 is 20.1 Å². The topological polar surface area (TPSA) is 75.1 Å². The number of halogens is 3. The molecule has 0 heterocycles. The van der Waals surface area contributed by atoms with Crippen molar-refractivity contribution in [3.63, 3.8) is 0 Å². The molecule has 0 saturated carbocycles. The van der Waals surface area contributed by atoms with Gasteiger partial charge in [-0.1, -0.05) is 24.3 Å². The minimum atomic E-state index is -2.87. The van der Waals surface area contributed by atoms with Crippen molar-refractivity contribution >= 4 is 29.9 Å². The highest BCUT2D eigenvalue weighted by molar-refractivity contribution is 14.0. The summed E-state index contributed by atoms with van der Waals surface area (Å²) >= 11 is 0. The standard InChI is InChI=1S/C22H29F2N3O3.HI/c1-4-25-22(26-13-16-7-5-9-18(11-16)30-21(23)24)27-14-20(28)17-8-6-10-19(12-17)29-15(2)3;/h5-12,15,20-21,28H,4,13-14H2,1-3H3,(H2,25,26,27);1H. The van der Waals surface area contributed by atoms with E-state index in [-0.39, 0.29) is 48.9 Å². The third-order valence-corrected chi connectivity index (χ3v) is 3.97. The van der Waals surface area contributed by atoms with Crippen molar-refractivity contribution in [1.29, 1.82) is 0 Å². The van der Waals surface area contributed by atoms with E-state index in [0.29, 0.717) is 18.3 Å². The lowest BCUT2D eigenvalue weighted by Gasteiger charge is -2.17. The Kier molecular flexibility index (Phi) is 12.2. The van der Waals surface area contributed by atoms with Gasteiger partial charge in [-0.2, -0.15) is 8.78 Å². The smallest absolute Gasteiger partial charge is 0.387 e. The molecule has 6 nitrogen and oxygen atoms in total. The van der Waals surface area contributed by atoms with Crippen molar-refractivity contribution in [2.75, 3.05) is 13.1 Å². The molecule has 0 saturated heterocycles. The summed E-state index contributed by atoms with van der Waals surface area (Å²) in [6.07, 6.45) is -0.708. The maximum absolute atomic E-state index is 12.4. The number of aliphatic hydroxyl groups is 1. The molecule has 172 valence electrons. The summed E-state index contributed by atoms with van der Waals surface area (Å²) in [5.74, 6) is 1.30. The molecule has 31 heavy (non-hydrogen) atoms. The van der Waals surface area contributed by atoms with Gasteiger partial charge in [0.2, 0.25) is 0 Å². The molecule has 0 aliphatic carbocycles. The molecule has 2 rings (SSSR count). The summed E-state index contributed by atoms with van der Waals surface area (Å²) in [4.78, 5) is 4.44. The molecule has 0 bridgehead atoms. The lowest BCUT2D eigenvalue weighted by atomic mass is 10.1. The highest BCUT2D eigenvalue weighted by Crippen LogP contribution is 2.20. The Morgan fingerprint density at radius 3 is 2.35 bits per heavy atom. The van der Waals surface area contributed by atoms with E-state index in [4.69, 9.17) is 4.74 Å². The van der Waals surface area contributed by atoms with Crippen LogP contribution >= 0.6 is 24.0 Å². The van der Waals surface area contributed by atoms with Crippen molar-refractivity contribution in [3.05, 3.63) is 59.7 Å². The van der Waals surface area contributed by atoms with Crippen LogP contribution in [0, 0.1) is 0 Å². The maximum atomic E-state index is 12.4. The van der Waals surface area contributed by atoms with Crippen LogP contribution in [0.5, 0.6) is 11.5 Å². The van der Waals surface area contributed by atoms with Gasteiger partial charge in [-0.25, -0.2) is 4.99 Å². The fourth-order valence-electron chi connectivity index (χ4n) is 2.71. The summed E-state index contributed by atoms with van der Waals surface area (Å²) in [5, 5.41) is 16.7. The normalized spacial score (nSPS) is 12.3. The molecule has 2 aromatic rings. The molecule has 2 aromatic carbocycles. The highest BCUT2D eigenvalue weighted by atomic mass is 127. The van der Waals surface area contributed by atoms with Crippen LogP contribution in [0.25, 0.3) is 0 Å². The van der Waals surface area contributed by atoms with Gasteiger partial charge in [0.05, 0.1) is 18.8 Å². The van der Waals surface area contributed by atoms with E-state index in [9.17, 15) is 13.9 Å². The zero-order valence-electron chi connectivity index (χ0n) is 17.8. The quantitative estimate of drug-likeness (QED) is 0.232. The fraction of sp³-hybridized carbons (Fsp3) is 0.409. The van der Waals surface area contributed by atoms with Crippen LogP contribution in [0.3, 0.4) is 0 Å². The minimum Gasteiger partial charge on any atom is -0.491 e. The van der Waals surface area contributed by atoms with Crippen LogP contribution in [0.15, 0.2) is 53.5 Å². The largest absolute Gasteiger partial charge is 0.491 e.